The maximum absolute atomic E-state index is 11.1. The predicted molar refractivity (Wildman–Crippen MR) is 71.0 cm³/mol. The number of nitrogens with one attached hydrogen (secondary N) is 1. The summed E-state index contributed by atoms with van der Waals surface area (Å²) < 4.78 is 0. The van der Waals surface area contributed by atoms with Crippen molar-refractivity contribution in [2.75, 3.05) is 30.4 Å². The first-order valence-electron chi connectivity index (χ1n) is 6.01. The molecule has 2 heterocycles. The van der Waals surface area contributed by atoms with Gasteiger partial charge in [0.1, 0.15) is 5.82 Å². The molecule has 0 amide bonds. The molecule has 0 atom stereocenters. The largest absolute Gasteiger partial charge is 0.373 e. The van der Waals surface area contributed by atoms with Crippen LogP contribution in [0.4, 0.5) is 17.3 Å². The molecule has 0 aromatic carbocycles. The van der Waals surface area contributed by atoms with Gasteiger partial charge in [0.2, 0.25) is 5.82 Å². The molecule has 98 valence electrons. The molecule has 0 radical (unpaired) electrons. The summed E-state index contributed by atoms with van der Waals surface area (Å²) in [6.07, 6.45) is 1.02. The Bertz CT molecular complexity index is 473. The molecular formula is C12H18N4O2. The standard InChI is InChI=1S/C12H18N4O2/c1-12(2)6-7-15(8-12)11-9(16(17)18)4-5-10(13-3)14-11/h4-5H,6-8H2,1-3H3,(H,13,14). The van der Waals surface area contributed by atoms with Crippen LogP contribution >= 0.6 is 0 Å². The summed E-state index contributed by atoms with van der Waals surface area (Å²) in [7, 11) is 1.76. The highest BCUT2D eigenvalue weighted by atomic mass is 16.6. The molecule has 0 aliphatic carbocycles. The topological polar surface area (TPSA) is 71.3 Å². The molecule has 1 saturated heterocycles. The SMILES string of the molecule is CNc1ccc([N+](=O)[O-])c(N2CCC(C)(C)C2)n1. The van der Waals surface area contributed by atoms with E-state index in [1.54, 1.807) is 13.1 Å². The zero-order valence-corrected chi connectivity index (χ0v) is 10.9. The minimum absolute atomic E-state index is 0.0756. The zero-order chi connectivity index (χ0) is 13.3. The lowest BCUT2D eigenvalue weighted by atomic mass is 9.93. The minimum Gasteiger partial charge on any atom is -0.373 e. The van der Waals surface area contributed by atoms with Crippen LogP contribution in [-0.4, -0.2) is 30.0 Å². The normalized spacial score (nSPS) is 17.8. The third-order valence-corrected chi connectivity index (χ3v) is 3.28. The number of anilines is 2. The highest BCUT2D eigenvalue weighted by molar-refractivity contribution is 5.62. The Morgan fingerprint density at radius 2 is 2.22 bits per heavy atom. The predicted octanol–water partition coefficient (Wildman–Crippen LogP) is 2.27. The van der Waals surface area contributed by atoms with Crippen LogP contribution in [0, 0.1) is 15.5 Å². The van der Waals surface area contributed by atoms with Crippen molar-refractivity contribution < 1.29 is 4.92 Å². The van der Waals surface area contributed by atoms with Gasteiger partial charge in [-0.25, -0.2) is 4.98 Å². The van der Waals surface area contributed by atoms with Crippen LogP contribution in [0.5, 0.6) is 0 Å². The number of pyridine rings is 1. The lowest BCUT2D eigenvalue weighted by molar-refractivity contribution is -0.384. The van der Waals surface area contributed by atoms with Gasteiger partial charge in [-0.1, -0.05) is 13.8 Å². The maximum atomic E-state index is 11.1. The lowest BCUT2D eigenvalue weighted by Crippen LogP contribution is -2.24. The van der Waals surface area contributed by atoms with Gasteiger partial charge in [-0.15, -0.1) is 0 Å². The van der Waals surface area contributed by atoms with Gasteiger partial charge in [0, 0.05) is 26.2 Å². The van der Waals surface area contributed by atoms with Crippen LogP contribution in [-0.2, 0) is 0 Å². The fraction of sp³-hybridized carbons (Fsp3) is 0.583. The monoisotopic (exact) mass is 250 g/mol. The molecule has 1 aromatic rings. The van der Waals surface area contributed by atoms with Gasteiger partial charge < -0.3 is 10.2 Å². The molecular weight excluding hydrogens is 232 g/mol. The molecule has 0 bridgehead atoms. The first kappa shape index (κ1) is 12.6. The Morgan fingerprint density at radius 3 is 2.72 bits per heavy atom. The molecule has 1 fully saturated rings. The fourth-order valence-corrected chi connectivity index (χ4v) is 2.25. The molecule has 6 nitrogen and oxygen atoms in total. The Balaban J connectivity index is 2.38. The molecule has 0 spiro atoms. The van der Waals surface area contributed by atoms with Crippen LogP contribution in [0.15, 0.2) is 12.1 Å². The molecule has 18 heavy (non-hydrogen) atoms. The van der Waals surface area contributed by atoms with Crippen LogP contribution in [0.2, 0.25) is 0 Å². The van der Waals surface area contributed by atoms with Crippen LogP contribution in [0.3, 0.4) is 0 Å². The molecule has 0 unspecified atom stereocenters. The third kappa shape index (κ3) is 2.37. The number of hydrogen-bond acceptors (Lipinski definition) is 5. The third-order valence-electron chi connectivity index (χ3n) is 3.28. The summed E-state index contributed by atoms with van der Waals surface area (Å²) in [5, 5.41) is 14.0. The molecule has 1 aliphatic rings. The number of rotatable bonds is 3. The van der Waals surface area contributed by atoms with E-state index in [1.807, 2.05) is 4.90 Å². The van der Waals surface area contributed by atoms with Gasteiger partial charge in [-0.2, -0.15) is 0 Å². The molecule has 0 saturated carbocycles. The second kappa shape index (κ2) is 4.44. The minimum atomic E-state index is -0.368. The van der Waals surface area contributed by atoms with Gasteiger partial charge >= 0.3 is 5.69 Å². The smallest absolute Gasteiger partial charge is 0.311 e. The van der Waals surface area contributed by atoms with Crippen molar-refractivity contribution in [2.24, 2.45) is 5.41 Å². The first-order valence-corrected chi connectivity index (χ1v) is 6.01. The van der Waals surface area contributed by atoms with Crippen molar-refractivity contribution in [2.45, 2.75) is 20.3 Å². The highest BCUT2D eigenvalue weighted by Crippen LogP contribution is 2.36. The van der Waals surface area contributed by atoms with E-state index in [0.29, 0.717) is 11.6 Å². The van der Waals surface area contributed by atoms with Crippen LogP contribution < -0.4 is 10.2 Å². The molecule has 6 heteroatoms. The van der Waals surface area contributed by atoms with E-state index in [0.717, 1.165) is 19.5 Å². The molecule has 2 rings (SSSR count). The summed E-state index contributed by atoms with van der Waals surface area (Å²) in [5.41, 5.74) is 0.261. The van der Waals surface area contributed by atoms with E-state index in [-0.39, 0.29) is 16.0 Å². The van der Waals surface area contributed by atoms with Gasteiger partial charge in [-0.3, -0.25) is 10.1 Å². The van der Waals surface area contributed by atoms with Crippen molar-refractivity contribution in [1.82, 2.24) is 4.98 Å². The number of aromatic nitrogens is 1. The Morgan fingerprint density at radius 1 is 1.50 bits per heavy atom. The van der Waals surface area contributed by atoms with E-state index < -0.39 is 0 Å². The summed E-state index contributed by atoms with van der Waals surface area (Å²) in [6, 6.07) is 3.14. The quantitative estimate of drug-likeness (QED) is 0.658. The van der Waals surface area contributed by atoms with E-state index in [4.69, 9.17) is 0 Å². The van der Waals surface area contributed by atoms with Crippen molar-refractivity contribution in [3.8, 4) is 0 Å². The van der Waals surface area contributed by atoms with Crippen LogP contribution in [0.25, 0.3) is 0 Å². The summed E-state index contributed by atoms with van der Waals surface area (Å²) >= 11 is 0. The first-order chi connectivity index (χ1) is 8.43. The summed E-state index contributed by atoms with van der Waals surface area (Å²) in [4.78, 5) is 17.0. The summed E-state index contributed by atoms with van der Waals surface area (Å²) in [6.45, 7) is 5.95. The van der Waals surface area contributed by atoms with Gasteiger partial charge in [0.25, 0.3) is 0 Å². The lowest BCUT2D eigenvalue weighted by Gasteiger charge is -2.20. The van der Waals surface area contributed by atoms with Gasteiger partial charge in [0.05, 0.1) is 4.92 Å². The van der Waals surface area contributed by atoms with Crippen molar-refractivity contribution in [1.29, 1.82) is 0 Å². The number of nitrogens with zero attached hydrogens (tertiary/aromatic N) is 3. The molecule has 1 aliphatic heterocycles. The Kier molecular flexibility index (Phi) is 3.11. The van der Waals surface area contributed by atoms with Crippen molar-refractivity contribution >= 4 is 17.3 Å². The summed E-state index contributed by atoms with van der Waals surface area (Å²) in [5.74, 6) is 1.12. The maximum Gasteiger partial charge on any atom is 0.311 e. The second-order valence-electron chi connectivity index (χ2n) is 5.38. The molecule has 1 N–H and O–H groups in total. The van der Waals surface area contributed by atoms with Gasteiger partial charge in [-0.05, 0) is 17.9 Å². The van der Waals surface area contributed by atoms with E-state index in [1.165, 1.54) is 6.07 Å². The Hall–Kier alpha value is -1.85. The van der Waals surface area contributed by atoms with E-state index in [9.17, 15) is 10.1 Å². The van der Waals surface area contributed by atoms with Crippen LogP contribution in [0.1, 0.15) is 20.3 Å². The average Bonchev–Trinajstić information content (AvgIpc) is 2.68. The Labute approximate surface area is 106 Å². The van der Waals surface area contributed by atoms with Gasteiger partial charge in [0.15, 0.2) is 0 Å². The van der Waals surface area contributed by atoms with E-state index >= 15 is 0 Å². The number of nitro groups is 1. The fourth-order valence-electron chi connectivity index (χ4n) is 2.25. The van der Waals surface area contributed by atoms with E-state index in [2.05, 4.69) is 24.1 Å². The zero-order valence-electron chi connectivity index (χ0n) is 10.9. The highest BCUT2D eigenvalue weighted by Gasteiger charge is 2.33. The van der Waals surface area contributed by atoms with Crippen molar-refractivity contribution in [3.63, 3.8) is 0 Å². The second-order valence-corrected chi connectivity index (χ2v) is 5.38. The number of hydrogen-bond donors (Lipinski definition) is 1. The average molecular weight is 250 g/mol. The van der Waals surface area contributed by atoms with Crippen molar-refractivity contribution in [3.05, 3.63) is 22.2 Å². The molecule has 1 aromatic heterocycles.